The number of anilines is 2. The highest BCUT2D eigenvalue weighted by Gasteiger charge is 2.50. The Labute approximate surface area is 241 Å². The van der Waals surface area contributed by atoms with Gasteiger partial charge >= 0.3 is 5.97 Å². The number of pyridine rings is 1. The fraction of sp³-hybridized carbons (Fsp3) is 0.355. The first kappa shape index (κ1) is 26.1. The molecular weight excluding hydrogens is 538 g/mol. The summed E-state index contributed by atoms with van der Waals surface area (Å²) in [6, 6.07) is 13.8. The lowest BCUT2D eigenvalue weighted by Gasteiger charge is -2.29. The Bertz CT molecular complexity index is 1740. The zero-order valence-electron chi connectivity index (χ0n) is 23.3. The number of carboxylic acids is 1. The van der Waals surface area contributed by atoms with Crippen molar-refractivity contribution in [1.82, 2.24) is 15.4 Å². The van der Waals surface area contributed by atoms with Crippen molar-refractivity contribution >= 4 is 38.8 Å². The molecule has 2 aromatic carbocycles. The Hall–Kier alpha value is -3.86. The van der Waals surface area contributed by atoms with Crippen molar-refractivity contribution in [2.24, 2.45) is 0 Å². The predicted molar refractivity (Wildman–Crippen MR) is 161 cm³/mol. The lowest BCUT2D eigenvalue weighted by Crippen LogP contribution is -2.36. The highest BCUT2D eigenvalue weighted by Crippen LogP contribution is 2.47. The summed E-state index contributed by atoms with van der Waals surface area (Å²) < 4.78 is 7.65. The summed E-state index contributed by atoms with van der Waals surface area (Å²) in [5, 5.41) is 15.1. The average molecular weight is 572 g/mol. The standard InChI is InChI=1S/C31H33N5O4S/c1-17-22(4-5-24-28(17)33-34-35(24)3)23(14-27(38)39)20-12-19-8-11-41-30(19)21(13-20)15-36-16-31(9-10-31)40-25-6-7-26(37)32-29(25)18(36)2/h4-8,11-13,18,23,33-34H,9-10,14-16H2,1-3H3,(H,32,37)(H,38,39)/t18-,23-/m1/s1. The van der Waals surface area contributed by atoms with Crippen LogP contribution in [0.2, 0.25) is 0 Å². The smallest absolute Gasteiger partial charge is 0.304 e. The number of hydrogen-bond donors (Lipinski definition) is 4. The van der Waals surface area contributed by atoms with Gasteiger partial charge in [-0.25, -0.2) is 0 Å². The molecule has 2 aromatic heterocycles. The number of rotatable bonds is 6. The Morgan fingerprint density at radius 3 is 2.83 bits per heavy atom. The van der Waals surface area contributed by atoms with E-state index in [2.05, 4.69) is 57.4 Å². The van der Waals surface area contributed by atoms with E-state index in [4.69, 9.17) is 4.74 Å². The third-order valence-corrected chi connectivity index (χ3v) is 9.88. The van der Waals surface area contributed by atoms with Crippen molar-refractivity contribution in [3.63, 3.8) is 0 Å². The van der Waals surface area contributed by atoms with E-state index < -0.39 is 5.97 Å². The third-order valence-electron chi connectivity index (χ3n) is 8.88. The van der Waals surface area contributed by atoms with Crippen LogP contribution in [0.1, 0.15) is 66.1 Å². The molecule has 4 N–H and O–H groups in total. The van der Waals surface area contributed by atoms with Crippen LogP contribution in [-0.2, 0) is 11.3 Å². The molecule has 212 valence electrons. The number of fused-ring (bicyclic) bond motifs is 3. The molecule has 1 aliphatic carbocycles. The van der Waals surface area contributed by atoms with E-state index in [1.54, 1.807) is 17.4 Å². The van der Waals surface area contributed by atoms with Gasteiger partial charge in [0, 0.05) is 36.8 Å². The molecule has 4 heterocycles. The second-order valence-electron chi connectivity index (χ2n) is 11.6. The summed E-state index contributed by atoms with van der Waals surface area (Å²) in [5.74, 6) is -0.389. The van der Waals surface area contributed by atoms with E-state index >= 15 is 0 Å². The lowest BCUT2D eigenvalue weighted by molar-refractivity contribution is -0.137. The molecule has 0 saturated heterocycles. The zero-order chi connectivity index (χ0) is 28.5. The summed E-state index contributed by atoms with van der Waals surface area (Å²) in [5.41, 5.74) is 13.0. The molecular formula is C31H33N5O4S. The minimum atomic E-state index is -0.834. The maximum Gasteiger partial charge on any atom is 0.304 e. The van der Waals surface area contributed by atoms with Gasteiger partial charge in [-0.05, 0) is 84.0 Å². The van der Waals surface area contributed by atoms with Crippen LogP contribution in [0.15, 0.2) is 52.6 Å². The van der Waals surface area contributed by atoms with E-state index in [0.717, 1.165) is 69.8 Å². The molecule has 2 aliphatic heterocycles. The van der Waals surface area contributed by atoms with Gasteiger partial charge in [0.25, 0.3) is 0 Å². The molecule has 1 fully saturated rings. The van der Waals surface area contributed by atoms with Crippen LogP contribution in [0.25, 0.3) is 10.1 Å². The number of nitrogens with zero attached hydrogens (tertiary/aromatic N) is 2. The van der Waals surface area contributed by atoms with Crippen LogP contribution < -0.4 is 26.3 Å². The third kappa shape index (κ3) is 4.56. The van der Waals surface area contributed by atoms with Crippen molar-refractivity contribution in [2.45, 2.75) is 57.2 Å². The molecule has 2 atom stereocenters. The maximum atomic E-state index is 12.3. The number of aromatic nitrogens is 1. The Morgan fingerprint density at radius 1 is 1.22 bits per heavy atom. The van der Waals surface area contributed by atoms with Crippen molar-refractivity contribution in [1.29, 1.82) is 0 Å². The van der Waals surface area contributed by atoms with Crippen molar-refractivity contribution < 1.29 is 14.6 Å². The van der Waals surface area contributed by atoms with Gasteiger partial charge in [0.05, 0.1) is 29.5 Å². The number of hydrogen-bond acceptors (Lipinski definition) is 8. The lowest BCUT2D eigenvalue weighted by atomic mass is 9.84. The molecule has 1 spiro atoms. The second kappa shape index (κ2) is 9.61. The maximum absolute atomic E-state index is 12.3. The topological polar surface area (TPSA) is 110 Å². The number of hydrazine groups is 2. The number of benzene rings is 2. The molecule has 41 heavy (non-hydrogen) atoms. The van der Waals surface area contributed by atoms with Gasteiger partial charge in [-0.3, -0.25) is 19.5 Å². The van der Waals surface area contributed by atoms with Gasteiger partial charge in [-0.15, -0.1) is 16.9 Å². The number of ether oxygens (including phenoxy) is 1. The summed E-state index contributed by atoms with van der Waals surface area (Å²) >= 11 is 1.71. The van der Waals surface area contributed by atoms with E-state index in [9.17, 15) is 14.7 Å². The van der Waals surface area contributed by atoms with Crippen molar-refractivity contribution in [3.8, 4) is 5.75 Å². The molecule has 4 aromatic rings. The van der Waals surface area contributed by atoms with Crippen LogP contribution in [0, 0.1) is 6.92 Å². The minimum absolute atomic E-state index is 0.0103. The monoisotopic (exact) mass is 571 g/mol. The van der Waals surface area contributed by atoms with Gasteiger partial charge < -0.3 is 20.3 Å². The number of carbonyl (C=O) groups is 1. The van der Waals surface area contributed by atoms with Crippen LogP contribution in [-0.4, -0.2) is 40.2 Å². The van der Waals surface area contributed by atoms with Crippen LogP contribution in [0.4, 0.5) is 11.4 Å². The number of H-pyrrole nitrogens is 1. The highest BCUT2D eigenvalue weighted by molar-refractivity contribution is 7.17. The van der Waals surface area contributed by atoms with Gasteiger partial charge in [-0.1, -0.05) is 12.1 Å². The van der Waals surface area contributed by atoms with E-state index in [0.29, 0.717) is 6.54 Å². The molecule has 0 unspecified atom stereocenters. The van der Waals surface area contributed by atoms with E-state index in [-0.39, 0.29) is 29.5 Å². The summed E-state index contributed by atoms with van der Waals surface area (Å²) in [6.45, 7) is 5.59. The van der Waals surface area contributed by atoms with Gasteiger partial charge in [0.1, 0.15) is 11.4 Å². The zero-order valence-corrected chi connectivity index (χ0v) is 24.1. The normalized spacial score (nSPS) is 19.8. The summed E-state index contributed by atoms with van der Waals surface area (Å²) in [6.07, 6.45) is 1.96. The SMILES string of the molecule is Cc1c([C@H](CC(=O)O)c2cc(CN3CC4(CC4)Oc4ccc(=O)[nH]c4[C@H]3C)c3sccc3c2)ccc2c1NNN2C. The first-order valence-corrected chi connectivity index (χ1v) is 14.9. The van der Waals surface area contributed by atoms with Crippen molar-refractivity contribution in [2.75, 3.05) is 24.0 Å². The number of aliphatic carboxylic acids is 1. The first-order chi connectivity index (χ1) is 19.7. The fourth-order valence-corrected chi connectivity index (χ4v) is 7.34. The molecule has 10 heteroatoms. The van der Waals surface area contributed by atoms with Crippen LogP contribution in [0.5, 0.6) is 5.75 Å². The largest absolute Gasteiger partial charge is 0.484 e. The molecule has 1 saturated carbocycles. The number of thiophene rings is 1. The Morgan fingerprint density at radius 2 is 2.05 bits per heavy atom. The molecule has 9 nitrogen and oxygen atoms in total. The van der Waals surface area contributed by atoms with Crippen LogP contribution in [0.3, 0.4) is 0 Å². The molecule has 3 aliphatic rings. The quantitative estimate of drug-likeness (QED) is 0.248. The van der Waals surface area contributed by atoms with Gasteiger partial charge in [0.15, 0.2) is 0 Å². The van der Waals surface area contributed by atoms with E-state index in [1.165, 1.54) is 10.8 Å². The van der Waals surface area contributed by atoms with E-state index in [1.807, 2.05) is 25.0 Å². The molecule has 7 rings (SSSR count). The predicted octanol–water partition coefficient (Wildman–Crippen LogP) is 5.27. The summed E-state index contributed by atoms with van der Waals surface area (Å²) in [4.78, 5) is 29.9. The number of carboxylic acid groups (broad SMARTS) is 1. The van der Waals surface area contributed by atoms with Gasteiger partial charge in [-0.2, -0.15) is 0 Å². The second-order valence-corrected chi connectivity index (χ2v) is 12.5. The first-order valence-electron chi connectivity index (χ1n) is 14.0. The summed E-state index contributed by atoms with van der Waals surface area (Å²) in [7, 11) is 1.94. The molecule has 0 bridgehead atoms. The van der Waals surface area contributed by atoms with Crippen LogP contribution >= 0.6 is 11.3 Å². The molecule has 0 radical (unpaired) electrons. The number of nitrogens with one attached hydrogen (secondary N) is 3. The Kier molecular flexibility index (Phi) is 6.11. The van der Waals surface area contributed by atoms with Gasteiger partial charge in [0.2, 0.25) is 5.56 Å². The number of aromatic amines is 1. The molecule has 0 amide bonds. The fourth-order valence-electron chi connectivity index (χ4n) is 6.45. The minimum Gasteiger partial charge on any atom is -0.484 e. The highest BCUT2D eigenvalue weighted by atomic mass is 32.1. The Balaban J connectivity index is 1.31. The van der Waals surface area contributed by atoms with Crippen molar-refractivity contribution in [3.05, 3.63) is 86.1 Å². The average Bonchev–Trinajstić information content (AvgIpc) is 3.35.